The second-order valence-corrected chi connectivity index (χ2v) is 4.07. The van der Waals surface area contributed by atoms with E-state index in [2.05, 4.69) is 10.6 Å². The lowest BCUT2D eigenvalue weighted by molar-refractivity contribution is -0.120. The summed E-state index contributed by atoms with van der Waals surface area (Å²) in [5.41, 5.74) is 0.860. The van der Waals surface area contributed by atoms with Gasteiger partial charge in [0.1, 0.15) is 0 Å². The summed E-state index contributed by atoms with van der Waals surface area (Å²) in [5, 5.41) is 6.85. The molecule has 0 aliphatic carbocycles. The largest absolute Gasteiger partial charge is 0.384 e. The monoisotopic (exact) mass is 260 g/mol. The molecule has 0 heterocycles. The molecule has 0 aliphatic rings. The third-order valence-electron chi connectivity index (χ3n) is 1.97. The summed E-state index contributed by atoms with van der Waals surface area (Å²) in [5.74, 6) is 0.0371. The van der Waals surface area contributed by atoms with Crippen LogP contribution in [0.1, 0.15) is 13.3 Å². The van der Waals surface area contributed by atoms with E-state index in [-0.39, 0.29) is 5.91 Å². The smallest absolute Gasteiger partial charge is 0.221 e. The number of halogens is 2. The van der Waals surface area contributed by atoms with Gasteiger partial charge in [0.15, 0.2) is 0 Å². The van der Waals surface area contributed by atoms with E-state index in [1.165, 1.54) is 0 Å². The van der Waals surface area contributed by atoms with E-state index in [1.807, 2.05) is 13.0 Å². The van der Waals surface area contributed by atoms with Crippen molar-refractivity contribution >= 4 is 34.8 Å². The summed E-state index contributed by atoms with van der Waals surface area (Å²) < 4.78 is 0. The zero-order valence-corrected chi connectivity index (χ0v) is 10.5. The van der Waals surface area contributed by atoms with Gasteiger partial charge in [-0.05, 0) is 25.1 Å². The van der Waals surface area contributed by atoms with Crippen LogP contribution in [0.2, 0.25) is 10.0 Å². The molecule has 1 aromatic carbocycles. The van der Waals surface area contributed by atoms with E-state index in [1.54, 1.807) is 12.1 Å². The van der Waals surface area contributed by atoms with Gasteiger partial charge in [-0.3, -0.25) is 4.79 Å². The van der Waals surface area contributed by atoms with E-state index >= 15 is 0 Å². The minimum Gasteiger partial charge on any atom is -0.384 e. The topological polar surface area (TPSA) is 41.1 Å². The molecule has 0 spiro atoms. The minimum absolute atomic E-state index is 0.0371. The van der Waals surface area contributed by atoms with E-state index in [9.17, 15) is 4.79 Å². The van der Waals surface area contributed by atoms with E-state index in [4.69, 9.17) is 23.2 Å². The van der Waals surface area contributed by atoms with E-state index in [0.717, 1.165) is 5.69 Å². The quantitative estimate of drug-likeness (QED) is 0.855. The fourth-order valence-corrected chi connectivity index (χ4v) is 1.51. The summed E-state index contributed by atoms with van der Waals surface area (Å²) in [6.45, 7) is 3.12. The van der Waals surface area contributed by atoms with Crippen molar-refractivity contribution in [3.63, 3.8) is 0 Å². The number of hydrogen-bond donors (Lipinski definition) is 2. The minimum atomic E-state index is 0.0371. The molecular weight excluding hydrogens is 247 g/mol. The average molecular weight is 261 g/mol. The van der Waals surface area contributed by atoms with Crippen LogP contribution in [0.25, 0.3) is 0 Å². The third kappa shape index (κ3) is 4.29. The van der Waals surface area contributed by atoms with E-state index < -0.39 is 0 Å². The van der Waals surface area contributed by atoms with Crippen molar-refractivity contribution in [3.05, 3.63) is 28.2 Å². The van der Waals surface area contributed by atoms with Crippen LogP contribution >= 0.6 is 23.2 Å². The highest BCUT2D eigenvalue weighted by molar-refractivity contribution is 6.42. The molecule has 5 heteroatoms. The number of carbonyl (C=O) groups is 1. The maximum atomic E-state index is 11.2. The Kier molecular flexibility index (Phi) is 5.43. The summed E-state index contributed by atoms with van der Waals surface area (Å²) in [6, 6.07) is 5.28. The maximum Gasteiger partial charge on any atom is 0.221 e. The van der Waals surface area contributed by atoms with Crippen molar-refractivity contribution in [1.29, 1.82) is 0 Å². The molecule has 0 fully saturated rings. The molecule has 88 valence electrons. The lowest BCUT2D eigenvalue weighted by Gasteiger charge is -2.07. The first-order valence-corrected chi connectivity index (χ1v) is 5.84. The first-order chi connectivity index (χ1) is 7.63. The van der Waals surface area contributed by atoms with Gasteiger partial charge in [-0.1, -0.05) is 23.2 Å². The Bertz CT molecular complexity index is 369. The van der Waals surface area contributed by atoms with Crippen molar-refractivity contribution in [2.75, 3.05) is 18.4 Å². The summed E-state index contributed by atoms with van der Waals surface area (Å²) in [7, 11) is 0. The van der Waals surface area contributed by atoms with Gasteiger partial charge >= 0.3 is 0 Å². The molecule has 0 saturated heterocycles. The van der Waals surface area contributed by atoms with Crippen molar-refractivity contribution in [1.82, 2.24) is 5.32 Å². The zero-order valence-electron chi connectivity index (χ0n) is 9.02. The highest BCUT2D eigenvalue weighted by Crippen LogP contribution is 2.24. The first-order valence-electron chi connectivity index (χ1n) is 5.09. The summed E-state index contributed by atoms with van der Waals surface area (Å²) >= 11 is 11.6. The van der Waals surface area contributed by atoms with Crippen LogP contribution in [-0.2, 0) is 4.79 Å². The standard InChI is InChI=1S/C11H14Cl2N2O/c1-2-14-11(16)5-6-15-8-3-4-9(12)10(13)7-8/h3-4,7,15H,2,5-6H2,1H3,(H,14,16). The second-order valence-electron chi connectivity index (χ2n) is 3.26. The lowest BCUT2D eigenvalue weighted by atomic mass is 10.3. The molecule has 16 heavy (non-hydrogen) atoms. The molecule has 0 unspecified atom stereocenters. The molecule has 1 amide bonds. The summed E-state index contributed by atoms with van der Waals surface area (Å²) in [4.78, 5) is 11.2. The predicted molar refractivity (Wildman–Crippen MR) is 68.3 cm³/mol. The molecule has 1 aromatic rings. The van der Waals surface area contributed by atoms with Crippen LogP contribution in [0.15, 0.2) is 18.2 Å². The van der Waals surface area contributed by atoms with Gasteiger partial charge in [0.05, 0.1) is 10.0 Å². The average Bonchev–Trinajstić information content (AvgIpc) is 2.24. The Labute approximate surface area is 105 Å². The highest BCUT2D eigenvalue weighted by Gasteiger charge is 2.01. The van der Waals surface area contributed by atoms with Gasteiger partial charge in [0.2, 0.25) is 5.91 Å². The molecule has 1 rings (SSSR count). The normalized spacial score (nSPS) is 9.94. The van der Waals surface area contributed by atoms with Crippen molar-refractivity contribution in [2.24, 2.45) is 0 Å². The Morgan fingerprint density at radius 2 is 2.06 bits per heavy atom. The highest BCUT2D eigenvalue weighted by atomic mass is 35.5. The second kappa shape index (κ2) is 6.61. The molecule has 3 nitrogen and oxygen atoms in total. The fraction of sp³-hybridized carbons (Fsp3) is 0.364. The number of rotatable bonds is 5. The van der Waals surface area contributed by atoms with Crippen molar-refractivity contribution in [3.8, 4) is 0 Å². The van der Waals surface area contributed by atoms with Crippen molar-refractivity contribution < 1.29 is 4.79 Å². The van der Waals surface area contributed by atoms with Gasteiger partial charge in [0.25, 0.3) is 0 Å². The van der Waals surface area contributed by atoms with Crippen LogP contribution in [0.5, 0.6) is 0 Å². The SMILES string of the molecule is CCNC(=O)CCNc1ccc(Cl)c(Cl)c1. The fourth-order valence-electron chi connectivity index (χ4n) is 1.21. The number of nitrogens with one attached hydrogen (secondary N) is 2. The Morgan fingerprint density at radius 1 is 1.31 bits per heavy atom. The van der Waals surface area contributed by atoms with Gasteiger partial charge in [0, 0.05) is 25.2 Å². The van der Waals surface area contributed by atoms with Gasteiger partial charge in [-0.15, -0.1) is 0 Å². The number of hydrogen-bond acceptors (Lipinski definition) is 2. The maximum absolute atomic E-state index is 11.2. The Hall–Kier alpha value is -0.930. The van der Waals surface area contributed by atoms with Crippen LogP contribution in [0, 0.1) is 0 Å². The van der Waals surface area contributed by atoms with Gasteiger partial charge in [-0.25, -0.2) is 0 Å². The molecule has 0 aliphatic heterocycles. The molecule has 0 atom stereocenters. The third-order valence-corrected chi connectivity index (χ3v) is 2.71. The molecule has 2 N–H and O–H groups in total. The van der Waals surface area contributed by atoms with Gasteiger partial charge in [-0.2, -0.15) is 0 Å². The van der Waals surface area contributed by atoms with Crippen LogP contribution in [-0.4, -0.2) is 19.0 Å². The lowest BCUT2D eigenvalue weighted by Crippen LogP contribution is -2.24. The molecule has 0 saturated carbocycles. The number of anilines is 1. The van der Waals surface area contributed by atoms with Crippen LogP contribution in [0.4, 0.5) is 5.69 Å². The van der Waals surface area contributed by atoms with Crippen molar-refractivity contribution in [2.45, 2.75) is 13.3 Å². The molecule has 0 aromatic heterocycles. The Morgan fingerprint density at radius 3 is 2.69 bits per heavy atom. The molecule has 0 radical (unpaired) electrons. The predicted octanol–water partition coefficient (Wildman–Crippen LogP) is 2.93. The summed E-state index contributed by atoms with van der Waals surface area (Å²) in [6.07, 6.45) is 0.439. The molecular formula is C11H14Cl2N2O. The van der Waals surface area contributed by atoms with E-state index in [0.29, 0.717) is 29.6 Å². The van der Waals surface area contributed by atoms with Crippen LogP contribution < -0.4 is 10.6 Å². The Balaban J connectivity index is 2.37. The number of amides is 1. The number of carbonyl (C=O) groups excluding carboxylic acids is 1. The first kappa shape index (κ1) is 13.1. The molecule has 0 bridgehead atoms. The van der Waals surface area contributed by atoms with Crippen LogP contribution in [0.3, 0.4) is 0 Å². The number of benzene rings is 1. The zero-order chi connectivity index (χ0) is 12.0. The van der Waals surface area contributed by atoms with Gasteiger partial charge < -0.3 is 10.6 Å².